The van der Waals surface area contributed by atoms with Crippen molar-refractivity contribution in [2.24, 2.45) is 5.92 Å². The summed E-state index contributed by atoms with van der Waals surface area (Å²) in [6.07, 6.45) is 7.43. The maximum Gasteiger partial charge on any atom is 0.137 e. The molecule has 1 aliphatic heterocycles. The van der Waals surface area contributed by atoms with E-state index in [0.717, 1.165) is 43.2 Å². The summed E-state index contributed by atoms with van der Waals surface area (Å²) in [5, 5.41) is 0.624. The van der Waals surface area contributed by atoms with Gasteiger partial charge in [0, 0.05) is 18.7 Å². The minimum absolute atomic E-state index is 0.624. The fourth-order valence-electron chi connectivity index (χ4n) is 2.59. The van der Waals surface area contributed by atoms with Crippen molar-refractivity contribution in [1.29, 1.82) is 0 Å². The number of anilines is 1. The molecule has 1 atom stereocenters. The molecule has 1 unspecified atom stereocenters. The zero-order valence-corrected chi connectivity index (χ0v) is 12.1. The van der Waals surface area contributed by atoms with Crippen LogP contribution >= 0.6 is 11.6 Å². The van der Waals surface area contributed by atoms with E-state index in [1.54, 1.807) is 6.33 Å². The second-order valence-corrected chi connectivity index (χ2v) is 5.60. The molecule has 0 spiro atoms. The molecular weight excluding hydrogens is 246 g/mol. The topological polar surface area (TPSA) is 29.0 Å². The number of halogens is 1. The summed E-state index contributed by atoms with van der Waals surface area (Å²) < 4.78 is 0. The van der Waals surface area contributed by atoms with Crippen molar-refractivity contribution in [3.8, 4) is 0 Å². The summed E-state index contributed by atoms with van der Waals surface area (Å²) in [6.45, 7) is 6.68. The molecule has 100 valence electrons. The molecule has 1 aromatic heterocycles. The Hall–Kier alpha value is -0.830. The normalized spacial score (nSPS) is 20.8. The van der Waals surface area contributed by atoms with Gasteiger partial charge >= 0.3 is 0 Å². The van der Waals surface area contributed by atoms with Gasteiger partial charge in [-0.1, -0.05) is 31.9 Å². The lowest BCUT2D eigenvalue weighted by Crippen LogP contribution is -2.26. The van der Waals surface area contributed by atoms with E-state index in [1.165, 1.54) is 19.3 Å². The van der Waals surface area contributed by atoms with Gasteiger partial charge in [0.1, 0.15) is 17.3 Å². The highest BCUT2D eigenvalue weighted by Crippen LogP contribution is 2.27. The number of aromatic nitrogens is 2. The van der Waals surface area contributed by atoms with Crippen molar-refractivity contribution in [2.45, 2.75) is 46.0 Å². The molecule has 18 heavy (non-hydrogen) atoms. The average Bonchev–Trinajstić information content (AvgIpc) is 2.57. The van der Waals surface area contributed by atoms with Crippen molar-refractivity contribution >= 4 is 17.4 Å². The monoisotopic (exact) mass is 267 g/mol. The molecule has 0 saturated carbocycles. The third kappa shape index (κ3) is 3.14. The van der Waals surface area contributed by atoms with E-state index < -0.39 is 0 Å². The van der Waals surface area contributed by atoms with E-state index >= 15 is 0 Å². The molecule has 1 aromatic rings. The Labute approximate surface area is 115 Å². The van der Waals surface area contributed by atoms with Gasteiger partial charge in [0.15, 0.2) is 0 Å². The first-order chi connectivity index (χ1) is 8.72. The number of nitrogens with zero attached hydrogens (tertiary/aromatic N) is 3. The number of rotatable bonds is 3. The summed E-state index contributed by atoms with van der Waals surface area (Å²) >= 11 is 6.22. The van der Waals surface area contributed by atoms with E-state index in [4.69, 9.17) is 11.6 Å². The third-order valence-corrected chi connectivity index (χ3v) is 4.01. The van der Waals surface area contributed by atoms with Crippen LogP contribution in [0.3, 0.4) is 0 Å². The van der Waals surface area contributed by atoms with Crippen LogP contribution in [0.15, 0.2) is 6.33 Å². The second-order valence-electron chi connectivity index (χ2n) is 5.24. The molecular formula is C14H22ClN3. The quantitative estimate of drug-likeness (QED) is 0.782. The van der Waals surface area contributed by atoms with Crippen LogP contribution in [0.25, 0.3) is 0 Å². The molecule has 1 saturated heterocycles. The smallest absolute Gasteiger partial charge is 0.137 e. The number of hydrogen-bond donors (Lipinski definition) is 0. The van der Waals surface area contributed by atoms with Gasteiger partial charge in [-0.25, -0.2) is 9.97 Å². The Morgan fingerprint density at radius 1 is 1.33 bits per heavy atom. The Kier molecular flexibility index (Phi) is 4.81. The van der Waals surface area contributed by atoms with Crippen LogP contribution in [0.2, 0.25) is 5.15 Å². The first-order valence-corrected chi connectivity index (χ1v) is 7.34. The van der Waals surface area contributed by atoms with E-state index in [0.29, 0.717) is 5.15 Å². The second kappa shape index (κ2) is 6.37. The zero-order valence-electron chi connectivity index (χ0n) is 11.3. The molecule has 0 N–H and O–H groups in total. The Morgan fingerprint density at radius 3 is 2.94 bits per heavy atom. The predicted octanol–water partition coefficient (Wildman–Crippen LogP) is 3.71. The first kappa shape index (κ1) is 13.6. The van der Waals surface area contributed by atoms with Crippen LogP contribution in [0, 0.1) is 5.92 Å². The molecule has 0 radical (unpaired) electrons. The molecule has 3 nitrogen and oxygen atoms in total. The van der Waals surface area contributed by atoms with Crippen LogP contribution < -0.4 is 4.90 Å². The third-order valence-electron chi connectivity index (χ3n) is 3.69. The maximum atomic E-state index is 6.22. The molecule has 2 rings (SSSR count). The molecule has 0 aliphatic carbocycles. The summed E-state index contributed by atoms with van der Waals surface area (Å²) in [4.78, 5) is 11.0. The fourth-order valence-corrected chi connectivity index (χ4v) is 2.82. The van der Waals surface area contributed by atoms with Gasteiger partial charge in [0.2, 0.25) is 0 Å². The minimum Gasteiger partial charge on any atom is -0.356 e. The van der Waals surface area contributed by atoms with Crippen molar-refractivity contribution in [3.05, 3.63) is 17.0 Å². The molecule has 0 bridgehead atoms. The maximum absolute atomic E-state index is 6.22. The highest BCUT2D eigenvalue weighted by molar-refractivity contribution is 6.30. The average molecular weight is 268 g/mol. The van der Waals surface area contributed by atoms with Gasteiger partial charge in [0.05, 0.1) is 0 Å². The zero-order chi connectivity index (χ0) is 13.0. The van der Waals surface area contributed by atoms with E-state index in [2.05, 4.69) is 28.7 Å². The summed E-state index contributed by atoms with van der Waals surface area (Å²) in [5.74, 6) is 1.88. The van der Waals surface area contributed by atoms with Gasteiger partial charge in [0.25, 0.3) is 0 Å². The summed E-state index contributed by atoms with van der Waals surface area (Å²) in [5.41, 5.74) is 1.12. The molecule has 1 aliphatic rings. The Bertz CT molecular complexity index is 395. The molecule has 0 amide bonds. The lowest BCUT2D eigenvalue weighted by Gasteiger charge is -2.24. The highest BCUT2D eigenvalue weighted by atomic mass is 35.5. The Balaban J connectivity index is 2.23. The van der Waals surface area contributed by atoms with Crippen molar-refractivity contribution < 1.29 is 0 Å². The first-order valence-electron chi connectivity index (χ1n) is 6.96. The van der Waals surface area contributed by atoms with E-state index in [1.807, 2.05) is 0 Å². The Morgan fingerprint density at radius 2 is 2.17 bits per heavy atom. The lowest BCUT2D eigenvalue weighted by atomic mass is 10.0. The van der Waals surface area contributed by atoms with Crippen molar-refractivity contribution in [1.82, 2.24) is 9.97 Å². The standard InChI is InChI=1S/C14H22ClN3/c1-3-5-12-13(15)16-10-17-14(12)18-8-4-6-11(2)7-9-18/h10-11H,3-9H2,1-2H3. The van der Waals surface area contributed by atoms with Crippen LogP contribution in [0.4, 0.5) is 5.82 Å². The van der Waals surface area contributed by atoms with E-state index in [9.17, 15) is 0 Å². The van der Waals surface area contributed by atoms with Crippen LogP contribution in [0.5, 0.6) is 0 Å². The number of hydrogen-bond acceptors (Lipinski definition) is 3. The van der Waals surface area contributed by atoms with Crippen LogP contribution in [-0.2, 0) is 6.42 Å². The van der Waals surface area contributed by atoms with Crippen LogP contribution in [0.1, 0.15) is 45.1 Å². The summed E-state index contributed by atoms with van der Waals surface area (Å²) in [7, 11) is 0. The predicted molar refractivity (Wildman–Crippen MR) is 76.3 cm³/mol. The molecule has 1 fully saturated rings. The van der Waals surface area contributed by atoms with Gasteiger partial charge in [-0.3, -0.25) is 0 Å². The molecule has 2 heterocycles. The van der Waals surface area contributed by atoms with Gasteiger partial charge < -0.3 is 4.90 Å². The van der Waals surface area contributed by atoms with Crippen molar-refractivity contribution in [2.75, 3.05) is 18.0 Å². The SMILES string of the molecule is CCCc1c(Cl)ncnc1N1CCCC(C)CC1. The molecule has 0 aromatic carbocycles. The fraction of sp³-hybridized carbons (Fsp3) is 0.714. The highest BCUT2D eigenvalue weighted by Gasteiger charge is 2.19. The van der Waals surface area contributed by atoms with Gasteiger partial charge in [-0.05, 0) is 31.6 Å². The molecule has 4 heteroatoms. The lowest BCUT2D eigenvalue weighted by molar-refractivity contribution is 0.521. The van der Waals surface area contributed by atoms with Gasteiger partial charge in [-0.2, -0.15) is 0 Å². The van der Waals surface area contributed by atoms with Gasteiger partial charge in [-0.15, -0.1) is 0 Å². The minimum atomic E-state index is 0.624. The largest absolute Gasteiger partial charge is 0.356 e. The van der Waals surface area contributed by atoms with Crippen LogP contribution in [-0.4, -0.2) is 23.1 Å². The van der Waals surface area contributed by atoms with Crippen molar-refractivity contribution in [3.63, 3.8) is 0 Å². The summed E-state index contributed by atoms with van der Waals surface area (Å²) in [6, 6.07) is 0. The van der Waals surface area contributed by atoms with E-state index in [-0.39, 0.29) is 0 Å².